The minimum absolute atomic E-state index is 0.0451. The van der Waals surface area contributed by atoms with Crippen molar-refractivity contribution in [3.05, 3.63) is 5.82 Å². The van der Waals surface area contributed by atoms with E-state index in [9.17, 15) is 0 Å². The molecule has 2 N–H and O–H groups in total. The van der Waals surface area contributed by atoms with E-state index in [-0.39, 0.29) is 5.41 Å². The fourth-order valence-electron chi connectivity index (χ4n) is 1.96. The van der Waals surface area contributed by atoms with E-state index in [2.05, 4.69) is 40.8 Å². The van der Waals surface area contributed by atoms with Gasteiger partial charge in [-0.25, -0.2) is 4.98 Å². The number of rotatable bonds is 4. The van der Waals surface area contributed by atoms with Crippen molar-refractivity contribution >= 4 is 16.7 Å². The normalized spacial score (nSPS) is 20.8. The maximum absolute atomic E-state index is 4.52. The molecule has 1 aliphatic rings. The molecule has 1 aromatic rings. The molecule has 2 heterocycles. The summed E-state index contributed by atoms with van der Waals surface area (Å²) >= 11 is 1.47. The predicted octanol–water partition coefficient (Wildman–Crippen LogP) is 2.39. The molecule has 0 unspecified atom stereocenters. The molecule has 2 rings (SSSR count). The third-order valence-corrected chi connectivity index (χ3v) is 3.70. The van der Waals surface area contributed by atoms with Crippen molar-refractivity contribution in [3.63, 3.8) is 0 Å². The van der Waals surface area contributed by atoms with Gasteiger partial charge in [-0.15, -0.1) is 0 Å². The zero-order valence-corrected chi connectivity index (χ0v) is 11.7. The second-order valence-electron chi connectivity index (χ2n) is 5.68. The average Bonchev–Trinajstić information content (AvgIpc) is 2.86. The van der Waals surface area contributed by atoms with E-state index in [1.165, 1.54) is 37.3 Å². The fraction of sp³-hybridized carbons (Fsp3) is 0.833. The smallest absolute Gasteiger partial charge is 0.202 e. The molecule has 0 amide bonds. The third kappa shape index (κ3) is 3.64. The molecule has 0 radical (unpaired) electrons. The van der Waals surface area contributed by atoms with Crippen LogP contribution in [-0.2, 0) is 5.41 Å². The molecule has 0 aromatic carbocycles. The van der Waals surface area contributed by atoms with E-state index in [1.807, 2.05) is 0 Å². The first kappa shape index (κ1) is 12.8. The van der Waals surface area contributed by atoms with Gasteiger partial charge >= 0.3 is 0 Å². The summed E-state index contributed by atoms with van der Waals surface area (Å²) in [5.74, 6) is 0.934. The van der Waals surface area contributed by atoms with Crippen molar-refractivity contribution in [2.24, 2.45) is 0 Å². The zero-order chi connectivity index (χ0) is 12.3. The van der Waals surface area contributed by atoms with Gasteiger partial charge in [0.1, 0.15) is 5.82 Å². The number of hydrogen-bond acceptors (Lipinski definition) is 5. The molecule has 1 fully saturated rings. The van der Waals surface area contributed by atoms with Gasteiger partial charge in [-0.1, -0.05) is 20.8 Å². The topological polar surface area (TPSA) is 49.8 Å². The first-order valence-corrected chi connectivity index (χ1v) is 7.14. The maximum Gasteiger partial charge on any atom is 0.202 e. The predicted molar refractivity (Wildman–Crippen MR) is 72.7 cm³/mol. The van der Waals surface area contributed by atoms with Crippen LogP contribution in [0.4, 0.5) is 5.13 Å². The first-order chi connectivity index (χ1) is 8.05. The molecule has 1 aliphatic heterocycles. The molecule has 0 aliphatic carbocycles. The second-order valence-corrected chi connectivity index (χ2v) is 6.43. The lowest BCUT2D eigenvalue weighted by molar-refractivity contribution is 0.554. The Morgan fingerprint density at radius 3 is 2.88 bits per heavy atom. The Hall–Kier alpha value is -0.680. The molecule has 0 bridgehead atoms. The van der Waals surface area contributed by atoms with Gasteiger partial charge in [0.2, 0.25) is 5.13 Å². The molecular weight excluding hydrogens is 232 g/mol. The molecule has 0 saturated carbocycles. The summed E-state index contributed by atoms with van der Waals surface area (Å²) in [5, 5.41) is 7.82. The number of anilines is 1. The molecule has 1 aromatic heterocycles. The summed E-state index contributed by atoms with van der Waals surface area (Å²) in [6.45, 7) is 8.58. The number of nitrogens with one attached hydrogen (secondary N) is 2. The van der Waals surface area contributed by atoms with Gasteiger partial charge in [-0.2, -0.15) is 4.37 Å². The maximum atomic E-state index is 4.52. The van der Waals surface area contributed by atoms with Gasteiger partial charge in [-0.3, -0.25) is 0 Å². The molecular formula is C12H22N4S. The van der Waals surface area contributed by atoms with Crippen molar-refractivity contribution in [1.82, 2.24) is 14.7 Å². The summed E-state index contributed by atoms with van der Waals surface area (Å²) < 4.78 is 4.39. The molecule has 96 valence electrons. The van der Waals surface area contributed by atoms with Crippen molar-refractivity contribution in [3.8, 4) is 0 Å². The van der Waals surface area contributed by atoms with E-state index >= 15 is 0 Å². The van der Waals surface area contributed by atoms with Crippen molar-refractivity contribution in [1.29, 1.82) is 0 Å². The third-order valence-electron chi connectivity index (χ3n) is 3.03. The van der Waals surface area contributed by atoms with Crippen LogP contribution in [0.25, 0.3) is 0 Å². The summed E-state index contributed by atoms with van der Waals surface area (Å²) in [6.07, 6.45) is 3.80. The van der Waals surface area contributed by atoms with E-state index in [1.54, 1.807) is 0 Å². The van der Waals surface area contributed by atoms with Crippen molar-refractivity contribution < 1.29 is 0 Å². The highest BCUT2D eigenvalue weighted by Gasteiger charge is 2.19. The number of aromatic nitrogens is 2. The van der Waals surface area contributed by atoms with Crippen LogP contribution < -0.4 is 10.6 Å². The van der Waals surface area contributed by atoms with Gasteiger partial charge < -0.3 is 10.6 Å². The summed E-state index contributed by atoms with van der Waals surface area (Å²) in [7, 11) is 0. The largest absolute Gasteiger partial charge is 0.360 e. The Bertz CT molecular complexity index is 350. The summed E-state index contributed by atoms with van der Waals surface area (Å²) in [6, 6.07) is 0.692. The Kier molecular flexibility index (Phi) is 3.99. The number of nitrogens with zero attached hydrogens (tertiary/aromatic N) is 2. The average molecular weight is 254 g/mol. The van der Waals surface area contributed by atoms with Gasteiger partial charge in [0.05, 0.1) is 0 Å². The lowest BCUT2D eigenvalue weighted by Gasteiger charge is -2.12. The number of hydrogen-bond donors (Lipinski definition) is 2. The highest BCUT2D eigenvalue weighted by atomic mass is 32.1. The van der Waals surface area contributed by atoms with Crippen molar-refractivity contribution in [2.45, 2.75) is 51.5 Å². The van der Waals surface area contributed by atoms with Crippen LogP contribution in [-0.4, -0.2) is 28.5 Å². The van der Waals surface area contributed by atoms with Crippen LogP contribution in [0.3, 0.4) is 0 Å². The Labute approximate surface area is 107 Å². The van der Waals surface area contributed by atoms with Crippen LogP contribution in [0.5, 0.6) is 0 Å². The molecule has 5 heteroatoms. The van der Waals surface area contributed by atoms with E-state index < -0.39 is 0 Å². The first-order valence-electron chi connectivity index (χ1n) is 6.37. The Morgan fingerprint density at radius 2 is 2.29 bits per heavy atom. The lowest BCUT2D eigenvalue weighted by atomic mass is 9.96. The lowest BCUT2D eigenvalue weighted by Crippen LogP contribution is -2.24. The monoisotopic (exact) mass is 254 g/mol. The van der Waals surface area contributed by atoms with E-state index in [0.29, 0.717) is 6.04 Å². The summed E-state index contributed by atoms with van der Waals surface area (Å²) in [5.41, 5.74) is 0.0451. The minimum Gasteiger partial charge on any atom is -0.360 e. The van der Waals surface area contributed by atoms with Crippen LogP contribution in [0.1, 0.15) is 45.9 Å². The Morgan fingerprint density at radius 1 is 1.47 bits per heavy atom. The van der Waals surface area contributed by atoms with Crippen LogP contribution in [0.15, 0.2) is 0 Å². The van der Waals surface area contributed by atoms with Crippen molar-refractivity contribution in [2.75, 3.05) is 18.4 Å². The molecule has 17 heavy (non-hydrogen) atoms. The second kappa shape index (κ2) is 5.31. The van der Waals surface area contributed by atoms with Gasteiger partial charge in [0.15, 0.2) is 0 Å². The quantitative estimate of drug-likeness (QED) is 0.866. The molecule has 0 spiro atoms. The van der Waals surface area contributed by atoms with E-state index in [4.69, 9.17) is 0 Å². The van der Waals surface area contributed by atoms with Crippen LogP contribution in [0, 0.1) is 0 Å². The zero-order valence-electron chi connectivity index (χ0n) is 10.9. The standard InChI is InChI=1S/C12H22N4S/c1-12(2,3)10-15-11(17-16-10)14-8-6-9-5-4-7-13-9/h9,13H,4-8H2,1-3H3,(H,14,15,16)/t9-/m0/s1. The van der Waals surface area contributed by atoms with Gasteiger partial charge in [-0.05, 0) is 25.8 Å². The van der Waals surface area contributed by atoms with E-state index in [0.717, 1.165) is 17.5 Å². The van der Waals surface area contributed by atoms with Crippen LogP contribution >= 0.6 is 11.5 Å². The molecule has 1 atom stereocenters. The summed E-state index contributed by atoms with van der Waals surface area (Å²) in [4.78, 5) is 4.52. The Balaban J connectivity index is 1.77. The van der Waals surface area contributed by atoms with Crippen LogP contribution in [0.2, 0.25) is 0 Å². The minimum atomic E-state index is 0.0451. The van der Waals surface area contributed by atoms with Gasteiger partial charge in [0, 0.05) is 29.5 Å². The molecule has 4 nitrogen and oxygen atoms in total. The fourth-order valence-corrected chi connectivity index (χ4v) is 2.74. The highest BCUT2D eigenvalue weighted by Crippen LogP contribution is 2.22. The SMILES string of the molecule is CC(C)(C)c1nsc(NCC[C@@H]2CCCN2)n1. The van der Waals surface area contributed by atoms with Gasteiger partial charge in [0.25, 0.3) is 0 Å². The molecule has 1 saturated heterocycles. The highest BCUT2D eigenvalue weighted by molar-refractivity contribution is 7.09.